The van der Waals surface area contributed by atoms with Crippen LogP contribution in [0.15, 0.2) is 60.9 Å². The summed E-state index contributed by atoms with van der Waals surface area (Å²) in [4.78, 5) is 20.4. The number of carboxylic acid groups (broad SMARTS) is 1. The van der Waals surface area contributed by atoms with Gasteiger partial charge in [-0.3, -0.25) is 9.55 Å². The van der Waals surface area contributed by atoms with Crippen molar-refractivity contribution in [2.75, 3.05) is 0 Å². The van der Waals surface area contributed by atoms with Crippen molar-refractivity contribution in [2.45, 2.75) is 13.8 Å². The van der Waals surface area contributed by atoms with E-state index >= 15 is 0 Å². The maximum atomic E-state index is 11.0. The molecule has 0 saturated carbocycles. The summed E-state index contributed by atoms with van der Waals surface area (Å²) < 4.78 is 1.92. The van der Waals surface area contributed by atoms with Gasteiger partial charge in [-0.1, -0.05) is 17.2 Å². The fourth-order valence-electron chi connectivity index (χ4n) is 3.13. The van der Waals surface area contributed by atoms with E-state index in [0.29, 0.717) is 0 Å². The smallest absolute Gasteiger partial charge is 0.335 e. The number of nitrogens with zero attached hydrogens (tertiary/aromatic N) is 3. The van der Waals surface area contributed by atoms with Crippen LogP contribution in [0.1, 0.15) is 21.5 Å². The predicted molar refractivity (Wildman–Crippen MR) is 101 cm³/mol. The Balaban J connectivity index is 1.83. The molecule has 0 aliphatic heterocycles. The Kier molecular flexibility index (Phi) is 3.77. The molecule has 0 amide bonds. The Labute approximate surface area is 150 Å². The normalized spacial score (nSPS) is 11.0. The average molecular weight is 343 g/mol. The second kappa shape index (κ2) is 6.11. The highest BCUT2D eigenvalue weighted by molar-refractivity contribution is 5.88. The van der Waals surface area contributed by atoms with Gasteiger partial charge in [0, 0.05) is 17.4 Å². The third-order valence-electron chi connectivity index (χ3n) is 4.30. The first-order chi connectivity index (χ1) is 12.5. The molecule has 26 heavy (non-hydrogen) atoms. The third kappa shape index (κ3) is 2.84. The lowest BCUT2D eigenvalue weighted by atomic mass is 10.1. The van der Waals surface area contributed by atoms with Gasteiger partial charge in [0.1, 0.15) is 5.52 Å². The van der Waals surface area contributed by atoms with E-state index in [1.54, 1.807) is 30.5 Å². The fourth-order valence-corrected chi connectivity index (χ4v) is 3.13. The molecule has 2 heterocycles. The number of benzene rings is 2. The van der Waals surface area contributed by atoms with Crippen molar-refractivity contribution in [3.63, 3.8) is 0 Å². The molecule has 2 aromatic heterocycles. The van der Waals surface area contributed by atoms with Crippen molar-refractivity contribution < 1.29 is 9.90 Å². The van der Waals surface area contributed by atoms with Crippen LogP contribution in [0, 0.1) is 13.8 Å². The van der Waals surface area contributed by atoms with Crippen LogP contribution < -0.4 is 0 Å². The highest BCUT2D eigenvalue weighted by Gasteiger charge is 2.10. The molecule has 1 N–H and O–H groups in total. The zero-order chi connectivity index (χ0) is 18.3. The lowest BCUT2D eigenvalue weighted by Gasteiger charge is -2.08. The van der Waals surface area contributed by atoms with Gasteiger partial charge in [0.05, 0.1) is 17.5 Å². The first-order valence-electron chi connectivity index (χ1n) is 8.28. The Hall–Kier alpha value is -3.47. The first-order valence-corrected chi connectivity index (χ1v) is 8.28. The van der Waals surface area contributed by atoms with E-state index in [2.05, 4.69) is 37.0 Å². The summed E-state index contributed by atoms with van der Waals surface area (Å²) in [6.07, 6.45) is 3.68. The zero-order valence-corrected chi connectivity index (χ0v) is 14.5. The van der Waals surface area contributed by atoms with Gasteiger partial charge in [0.2, 0.25) is 0 Å². The Morgan fingerprint density at radius 1 is 1.00 bits per heavy atom. The molecule has 0 atom stereocenters. The second-order valence-corrected chi connectivity index (χ2v) is 6.38. The molecule has 4 aromatic rings. The Morgan fingerprint density at radius 3 is 2.35 bits per heavy atom. The summed E-state index contributed by atoms with van der Waals surface area (Å²) in [5.74, 6) is -0.939. The molecule has 0 fully saturated rings. The van der Waals surface area contributed by atoms with Gasteiger partial charge in [-0.2, -0.15) is 0 Å². The number of carbonyl (C=O) groups is 1. The van der Waals surface area contributed by atoms with Crippen LogP contribution in [0.4, 0.5) is 0 Å². The molecule has 128 valence electrons. The summed E-state index contributed by atoms with van der Waals surface area (Å²) in [7, 11) is 0. The largest absolute Gasteiger partial charge is 0.478 e. The SMILES string of the molecule is Cc1cc(C)cc(-c2cnc3ccn(-c4ccc(C(=O)O)cc4)c3n2)c1. The van der Waals surface area contributed by atoms with E-state index in [0.717, 1.165) is 28.1 Å². The predicted octanol–water partition coefficient (Wildman–Crippen LogP) is 4.40. The van der Waals surface area contributed by atoms with Crippen LogP contribution in [-0.2, 0) is 0 Å². The highest BCUT2D eigenvalue weighted by Crippen LogP contribution is 2.24. The van der Waals surface area contributed by atoms with Gasteiger partial charge in [-0.25, -0.2) is 9.78 Å². The zero-order valence-electron chi connectivity index (χ0n) is 14.5. The lowest BCUT2D eigenvalue weighted by molar-refractivity contribution is 0.0697. The second-order valence-electron chi connectivity index (χ2n) is 6.38. The van der Waals surface area contributed by atoms with Crippen LogP contribution in [0.25, 0.3) is 28.1 Å². The number of rotatable bonds is 3. The van der Waals surface area contributed by atoms with Crippen LogP contribution in [0.3, 0.4) is 0 Å². The maximum Gasteiger partial charge on any atom is 0.335 e. The molecule has 0 spiro atoms. The van der Waals surface area contributed by atoms with E-state index in [9.17, 15) is 4.79 Å². The van der Waals surface area contributed by atoms with Gasteiger partial charge in [-0.15, -0.1) is 0 Å². The van der Waals surface area contributed by atoms with Gasteiger partial charge in [-0.05, 0) is 56.3 Å². The fraction of sp³-hybridized carbons (Fsp3) is 0.0952. The molecule has 0 radical (unpaired) electrons. The van der Waals surface area contributed by atoms with Crippen LogP contribution in [0.2, 0.25) is 0 Å². The van der Waals surface area contributed by atoms with Crippen LogP contribution >= 0.6 is 0 Å². The minimum absolute atomic E-state index is 0.257. The summed E-state index contributed by atoms with van der Waals surface area (Å²) in [5, 5.41) is 9.06. The van der Waals surface area contributed by atoms with Gasteiger partial charge in [0.15, 0.2) is 5.65 Å². The van der Waals surface area contributed by atoms with E-state index in [1.807, 2.05) is 16.8 Å². The monoisotopic (exact) mass is 343 g/mol. The summed E-state index contributed by atoms with van der Waals surface area (Å²) >= 11 is 0. The maximum absolute atomic E-state index is 11.0. The highest BCUT2D eigenvalue weighted by atomic mass is 16.4. The lowest BCUT2D eigenvalue weighted by Crippen LogP contribution is -1.99. The molecular formula is C21H17N3O2. The standard InChI is InChI=1S/C21H17N3O2/c1-13-9-14(2)11-16(10-13)19-12-22-18-7-8-24(20(18)23-19)17-5-3-15(4-6-17)21(25)26/h3-12H,1-2H3,(H,25,26). The van der Waals surface area contributed by atoms with Crippen LogP contribution in [0.5, 0.6) is 0 Å². The number of fused-ring (bicyclic) bond motifs is 1. The summed E-state index contributed by atoms with van der Waals surface area (Å²) in [6.45, 7) is 4.13. The summed E-state index contributed by atoms with van der Waals surface area (Å²) in [5.41, 5.74) is 6.84. The molecule has 5 nitrogen and oxygen atoms in total. The molecule has 4 rings (SSSR count). The number of aromatic carboxylic acids is 1. The quantitative estimate of drug-likeness (QED) is 0.598. The molecule has 0 unspecified atom stereocenters. The van der Waals surface area contributed by atoms with E-state index < -0.39 is 5.97 Å². The minimum atomic E-state index is -0.939. The Morgan fingerprint density at radius 2 is 1.69 bits per heavy atom. The van der Waals surface area contributed by atoms with Crippen molar-refractivity contribution in [3.8, 4) is 16.9 Å². The van der Waals surface area contributed by atoms with Gasteiger partial charge in [0.25, 0.3) is 0 Å². The molecule has 0 bridgehead atoms. The van der Waals surface area contributed by atoms with Crippen molar-refractivity contribution in [3.05, 3.63) is 77.6 Å². The minimum Gasteiger partial charge on any atom is -0.478 e. The van der Waals surface area contributed by atoms with Crippen molar-refractivity contribution >= 4 is 17.1 Å². The number of aromatic nitrogens is 3. The van der Waals surface area contributed by atoms with E-state index in [4.69, 9.17) is 10.1 Å². The molecule has 0 aliphatic rings. The van der Waals surface area contributed by atoms with E-state index in [1.165, 1.54) is 11.1 Å². The average Bonchev–Trinajstić information content (AvgIpc) is 3.04. The molecule has 2 aromatic carbocycles. The van der Waals surface area contributed by atoms with Gasteiger partial charge >= 0.3 is 5.97 Å². The number of hydrogen-bond donors (Lipinski definition) is 1. The topological polar surface area (TPSA) is 68.0 Å². The number of aryl methyl sites for hydroxylation is 2. The molecular weight excluding hydrogens is 326 g/mol. The first kappa shape index (κ1) is 16.0. The van der Waals surface area contributed by atoms with E-state index in [-0.39, 0.29) is 5.56 Å². The van der Waals surface area contributed by atoms with Crippen LogP contribution in [-0.4, -0.2) is 25.6 Å². The van der Waals surface area contributed by atoms with Crippen molar-refractivity contribution in [1.82, 2.24) is 14.5 Å². The number of hydrogen-bond acceptors (Lipinski definition) is 3. The Bertz CT molecular complexity index is 1110. The number of carboxylic acids is 1. The summed E-state index contributed by atoms with van der Waals surface area (Å²) in [6, 6.07) is 14.9. The molecule has 0 saturated heterocycles. The van der Waals surface area contributed by atoms with Crippen molar-refractivity contribution in [1.29, 1.82) is 0 Å². The van der Waals surface area contributed by atoms with Gasteiger partial charge < -0.3 is 5.11 Å². The molecule has 0 aliphatic carbocycles. The molecule has 5 heteroatoms. The van der Waals surface area contributed by atoms with Crippen molar-refractivity contribution in [2.24, 2.45) is 0 Å². The third-order valence-corrected chi connectivity index (χ3v) is 4.30.